The summed E-state index contributed by atoms with van der Waals surface area (Å²) < 4.78 is 5.59. The first-order valence-electron chi connectivity index (χ1n) is 6.42. The van der Waals surface area contributed by atoms with E-state index in [0.717, 1.165) is 12.1 Å². The Hall–Kier alpha value is -1.75. The summed E-state index contributed by atoms with van der Waals surface area (Å²) in [5, 5.41) is 9.44. The molecule has 1 aromatic carbocycles. The summed E-state index contributed by atoms with van der Waals surface area (Å²) in [6.45, 7) is 3.69. The van der Waals surface area contributed by atoms with Crippen molar-refractivity contribution in [2.75, 3.05) is 33.8 Å². The van der Waals surface area contributed by atoms with Gasteiger partial charge in [0.05, 0.1) is 12.6 Å². The number of fused-ring (bicyclic) bond motifs is 1. The Kier molecular flexibility index (Phi) is 3.95. The Bertz CT molecular complexity index is 474. The molecular formula is C14H20N2O3. The van der Waals surface area contributed by atoms with E-state index in [1.165, 1.54) is 0 Å². The molecule has 1 aliphatic rings. The van der Waals surface area contributed by atoms with Crippen molar-refractivity contribution in [3.8, 4) is 11.5 Å². The molecule has 104 valence electrons. The Morgan fingerprint density at radius 1 is 1.47 bits per heavy atom. The minimum absolute atomic E-state index is 0.0736. The number of aromatic hydroxyl groups is 1. The van der Waals surface area contributed by atoms with E-state index in [9.17, 15) is 9.90 Å². The topological polar surface area (TPSA) is 53.0 Å². The first kappa shape index (κ1) is 13.7. The highest BCUT2D eigenvalue weighted by molar-refractivity contribution is 5.77. The molecule has 1 N–H and O–H groups in total. The summed E-state index contributed by atoms with van der Waals surface area (Å²) in [6.07, 6.45) is 0. The third kappa shape index (κ3) is 2.81. The lowest BCUT2D eigenvalue weighted by molar-refractivity contribution is -0.130. The summed E-state index contributed by atoms with van der Waals surface area (Å²) in [5.74, 6) is 0.988. The van der Waals surface area contributed by atoms with Crippen molar-refractivity contribution in [2.45, 2.75) is 13.0 Å². The Morgan fingerprint density at radius 3 is 2.84 bits per heavy atom. The van der Waals surface area contributed by atoms with E-state index >= 15 is 0 Å². The second kappa shape index (κ2) is 5.48. The van der Waals surface area contributed by atoms with Crippen LogP contribution in [0.2, 0.25) is 0 Å². The number of ether oxygens (including phenoxy) is 1. The standard InChI is InChI=1S/C14H20N2O3/c1-4-16(8-14(18)15(2)3)12-9-19-13-7-10(17)5-6-11(12)13/h5-7,12,17H,4,8-9H2,1-3H3. The summed E-state index contributed by atoms with van der Waals surface area (Å²) in [6, 6.07) is 5.22. The maximum Gasteiger partial charge on any atom is 0.236 e. The van der Waals surface area contributed by atoms with E-state index in [1.807, 2.05) is 13.0 Å². The molecule has 1 heterocycles. The largest absolute Gasteiger partial charge is 0.508 e. The average molecular weight is 264 g/mol. The van der Waals surface area contributed by atoms with Gasteiger partial charge in [0, 0.05) is 25.7 Å². The van der Waals surface area contributed by atoms with Gasteiger partial charge in [0.1, 0.15) is 18.1 Å². The van der Waals surface area contributed by atoms with Crippen molar-refractivity contribution in [3.05, 3.63) is 23.8 Å². The minimum Gasteiger partial charge on any atom is -0.508 e. The molecule has 2 rings (SSSR count). The van der Waals surface area contributed by atoms with Crippen molar-refractivity contribution in [1.82, 2.24) is 9.80 Å². The van der Waals surface area contributed by atoms with Gasteiger partial charge in [-0.1, -0.05) is 6.92 Å². The fourth-order valence-electron chi connectivity index (χ4n) is 2.24. The molecule has 0 saturated carbocycles. The monoisotopic (exact) mass is 264 g/mol. The second-order valence-corrected chi connectivity index (χ2v) is 4.90. The minimum atomic E-state index is 0.0736. The molecule has 0 fully saturated rings. The van der Waals surface area contributed by atoms with Gasteiger partial charge in [-0.25, -0.2) is 0 Å². The molecule has 1 aliphatic heterocycles. The molecule has 19 heavy (non-hydrogen) atoms. The molecule has 0 spiro atoms. The van der Waals surface area contributed by atoms with Crippen LogP contribution in [0.25, 0.3) is 0 Å². The maximum absolute atomic E-state index is 11.8. The third-order valence-corrected chi connectivity index (χ3v) is 3.44. The van der Waals surface area contributed by atoms with Crippen LogP contribution >= 0.6 is 0 Å². The normalized spacial score (nSPS) is 17.2. The van der Waals surface area contributed by atoms with Crippen LogP contribution in [0, 0.1) is 0 Å². The lowest BCUT2D eigenvalue weighted by Crippen LogP contribution is -2.39. The molecule has 0 saturated heterocycles. The van der Waals surface area contributed by atoms with Gasteiger partial charge in [0.2, 0.25) is 5.91 Å². The summed E-state index contributed by atoms with van der Waals surface area (Å²) in [5.41, 5.74) is 1.03. The molecule has 1 amide bonds. The quantitative estimate of drug-likeness (QED) is 0.889. The predicted molar refractivity (Wildman–Crippen MR) is 72.3 cm³/mol. The van der Waals surface area contributed by atoms with E-state index in [4.69, 9.17) is 4.74 Å². The zero-order valence-electron chi connectivity index (χ0n) is 11.6. The van der Waals surface area contributed by atoms with Gasteiger partial charge in [0.25, 0.3) is 0 Å². The number of carbonyl (C=O) groups excluding carboxylic acids is 1. The molecule has 1 atom stereocenters. The van der Waals surface area contributed by atoms with Crippen LogP contribution in [0.3, 0.4) is 0 Å². The van der Waals surface area contributed by atoms with Gasteiger partial charge in [-0.3, -0.25) is 9.69 Å². The fourth-order valence-corrected chi connectivity index (χ4v) is 2.24. The Morgan fingerprint density at radius 2 is 2.21 bits per heavy atom. The smallest absolute Gasteiger partial charge is 0.236 e. The van der Waals surface area contributed by atoms with Crippen molar-refractivity contribution in [2.24, 2.45) is 0 Å². The highest BCUT2D eigenvalue weighted by Gasteiger charge is 2.30. The number of benzene rings is 1. The average Bonchev–Trinajstić information content (AvgIpc) is 2.78. The molecule has 0 bridgehead atoms. The van der Waals surface area contributed by atoms with Crippen LogP contribution in [0.5, 0.6) is 11.5 Å². The fraction of sp³-hybridized carbons (Fsp3) is 0.500. The van der Waals surface area contributed by atoms with Crippen LogP contribution in [0.4, 0.5) is 0 Å². The summed E-state index contributed by atoms with van der Waals surface area (Å²) >= 11 is 0. The third-order valence-electron chi connectivity index (χ3n) is 3.44. The molecule has 1 unspecified atom stereocenters. The Labute approximate surface area is 113 Å². The lowest BCUT2D eigenvalue weighted by atomic mass is 10.1. The number of likely N-dealkylation sites (N-methyl/N-ethyl adjacent to an activating group) is 2. The zero-order valence-corrected chi connectivity index (χ0v) is 11.6. The van der Waals surface area contributed by atoms with Gasteiger partial charge in [-0.15, -0.1) is 0 Å². The highest BCUT2D eigenvalue weighted by atomic mass is 16.5. The van der Waals surface area contributed by atoms with Crippen molar-refractivity contribution in [3.63, 3.8) is 0 Å². The van der Waals surface area contributed by atoms with Crippen LogP contribution in [0.1, 0.15) is 18.5 Å². The number of phenols is 1. The maximum atomic E-state index is 11.8. The first-order valence-corrected chi connectivity index (χ1v) is 6.42. The van der Waals surface area contributed by atoms with Crippen LogP contribution in [-0.4, -0.2) is 54.6 Å². The number of rotatable bonds is 4. The van der Waals surface area contributed by atoms with Crippen molar-refractivity contribution in [1.29, 1.82) is 0 Å². The van der Waals surface area contributed by atoms with E-state index in [1.54, 1.807) is 31.1 Å². The Balaban J connectivity index is 2.16. The van der Waals surface area contributed by atoms with Crippen molar-refractivity contribution < 1.29 is 14.6 Å². The number of hydrogen-bond donors (Lipinski definition) is 1. The molecule has 5 nitrogen and oxygen atoms in total. The number of phenolic OH excluding ortho intramolecular Hbond substituents is 1. The number of hydrogen-bond acceptors (Lipinski definition) is 4. The van der Waals surface area contributed by atoms with Gasteiger partial charge in [-0.2, -0.15) is 0 Å². The predicted octanol–water partition coefficient (Wildman–Crippen LogP) is 1.24. The number of carbonyl (C=O) groups is 1. The first-order chi connectivity index (χ1) is 9.02. The molecule has 0 aromatic heterocycles. The number of amides is 1. The molecule has 5 heteroatoms. The van der Waals surface area contributed by atoms with Crippen LogP contribution < -0.4 is 4.74 Å². The lowest BCUT2D eigenvalue weighted by Gasteiger charge is -2.27. The second-order valence-electron chi connectivity index (χ2n) is 4.90. The van der Waals surface area contributed by atoms with E-state index in [-0.39, 0.29) is 17.7 Å². The van der Waals surface area contributed by atoms with Crippen molar-refractivity contribution >= 4 is 5.91 Å². The SMILES string of the molecule is CCN(CC(=O)N(C)C)C1COc2cc(O)ccc21. The summed E-state index contributed by atoms with van der Waals surface area (Å²) in [7, 11) is 3.51. The summed E-state index contributed by atoms with van der Waals surface area (Å²) in [4.78, 5) is 15.5. The van der Waals surface area contributed by atoms with E-state index in [0.29, 0.717) is 18.9 Å². The zero-order chi connectivity index (χ0) is 14.0. The van der Waals surface area contributed by atoms with Crippen LogP contribution in [-0.2, 0) is 4.79 Å². The molecule has 1 aromatic rings. The van der Waals surface area contributed by atoms with Gasteiger partial charge in [-0.05, 0) is 18.7 Å². The van der Waals surface area contributed by atoms with E-state index in [2.05, 4.69) is 4.90 Å². The van der Waals surface area contributed by atoms with E-state index < -0.39 is 0 Å². The van der Waals surface area contributed by atoms with Gasteiger partial charge >= 0.3 is 0 Å². The van der Waals surface area contributed by atoms with Gasteiger partial charge in [0.15, 0.2) is 0 Å². The number of nitrogens with zero attached hydrogens (tertiary/aromatic N) is 2. The molecule has 0 radical (unpaired) electrons. The van der Waals surface area contributed by atoms with Crippen LogP contribution in [0.15, 0.2) is 18.2 Å². The molecular weight excluding hydrogens is 244 g/mol. The van der Waals surface area contributed by atoms with Gasteiger partial charge < -0.3 is 14.7 Å². The highest BCUT2D eigenvalue weighted by Crippen LogP contribution is 2.37. The molecule has 0 aliphatic carbocycles.